The van der Waals surface area contributed by atoms with Gasteiger partial charge in [-0.05, 0) is 37.3 Å². The topological polar surface area (TPSA) is 73.3 Å². The molecule has 1 N–H and O–H groups in total. The van der Waals surface area contributed by atoms with Crippen LogP contribution < -0.4 is 14.8 Å². The van der Waals surface area contributed by atoms with Crippen molar-refractivity contribution in [2.24, 2.45) is 0 Å². The van der Waals surface area contributed by atoms with Crippen LogP contribution in [0.25, 0.3) is 22.2 Å². The van der Waals surface area contributed by atoms with E-state index >= 15 is 0 Å². The number of nitrogens with one attached hydrogen (secondary N) is 1. The first-order valence-electron chi connectivity index (χ1n) is 9.21. The van der Waals surface area contributed by atoms with E-state index in [2.05, 4.69) is 20.0 Å². The molecule has 6 nitrogen and oxygen atoms in total. The van der Waals surface area contributed by atoms with Crippen molar-refractivity contribution < 1.29 is 23.0 Å². The van der Waals surface area contributed by atoms with Crippen LogP contribution in [0.2, 0.25) is 0 Å². The van der Waals surface area contributed by atoms with Crippen molar-refractivity contribution in [3.8, 4) is 22.8 Å². The third kappa shape index (κ3) is 4.46. The summed E-state index contributed by atoms with van der Waals surface area (Å²) in [5.41, 5.74) is 2.54. The number of fused-ring (bicyclic) bond motifs is 1. The number of aryl methyl sites for hydroxylation is 1. The number of para-hydroxylation sites is 1. The molecule has 4 rings (SSSR count). The Kier molecular flexibility index (Phi) is 5.77. The van der Waals surface area contributed by atoms with E-state index < -0.39 is 6.61 Å². The lowest BCUT2D eigenvalue weighted by atomic mass is 10.1. The van der Waals surface area contributed by atoms with Crippen LogP contribution in [0, 0.1) is 6.92 Å². The number of aromatic nitrogens is 2. The summed E-state index contributed by atoms with van der Waals surface area (Å²) in [6.07, 6.45) is 0. The van der Waals surface area contributed by atoms with Gasteiger partial charge < -0.3 is 9.47 Å². The second-order valence-electron chi connectivity index (χ2n) is 6.55. The zero-order valence-electron chi connectivity index (χ0n) is 16.6. The van der Waals surface area contributed by atoms with Gasteiger partial charge in [0.1, 0.15) is 11.5 Å². The predicted octanol–water partition coefficient (Wildman–Crippen LogP) is 5.53. The van der Waals surface area contributed by atoms with E-state index in [0.717, 1.165) is 10.9 Å². The highest BCUT2D eigenvalue weighted by atomic mass is 32.1. The smallest absolute Gasteiger partial charge is 0.387 e. The summed E-state index contributed by atoms with van der Waals surface area (Å²) < 4.78 is 35.1. The van der Waals surface area contributed by atoms with Crippen LogP contribution in [0.15, 0.2) is 53.9 Å². The Balaban J connectivity index is 1.58. The van der Waals surface area contributed by atoms with Crippen molar-refractivity contribution in [1.82, 2.24) is 9.97 Å². The number of alkyl halides is 2. The quantitative estimate of drug-likeness (QED) is 0.426. The number of pyridine rings is 1. The lowest BCUT2D eigenvalue weighted by Crippen LogP contribution is -2.14. The fraction of sp³-hybridized carbons (Fsp3) is 0.136. The number of amides is 1. The normalized spacial score (nSPS) is 11.0. The van der Waals surface area contributed by atoms with Crippen molar-refractivity contribution >= 4 is 33.3 Å². The first-order valence-corrected chi connectivity index (χ1v) is 10.1. The van der Waals surface area contributed by atoms with Crippen LogP contribution in [0.1, 0.15) is 16.1 Å². The number of benzene rings is 2. The molecule has 2 aromatic heterocycles. The van der Waals surface area contributed by atoms with Gasteiger partial charge in [-0.2, -0.15) is 8.78 Å². The Labute approximate surface area is 180 Å². The summed E-state index contributed by atoms with van der Waals surface area (Å²) in [6.45, 7) is -1.19. The molecule has 1 amide bonds. The second kappa shape index (κ2) is 8.65. The molecule has 31 heavy (non-hydrogen) atoms. The third-order valence-corrected chi connectivity index (χ3v) is 5.32. The van der Waals surface area contributed by atoms with E-state index in [-0.39, 0.29) is 11.7 Å². The van der Waals surface area contributed by atoms with Gasteiger partial charge in [-0.3, -0.25) is 15.1 Å². The second-order valence-corrected chi connectivity index (χ2v) is 7.40. The number of nitrogens with zero attached hydrogens (tertiary/aromatic N) is 2. The number of thiazole rings is 1. The molecule has 9 heteroatoms. The molecule has 0 saturated heterocycles. The highest BCUT2D eigenvalue weighted by Gasteiger charge is 2.17. The monoisotopic (exact) mass is 441 g/mol. The number of carbonyl (C=O) groups excluding carboxylic acids is 1. The lowest BCUT2D eigenvalue weighted by Gasteiger charge is -2.09. The average molecular weight is 441 g/mol. The molecule has 0 aliphatic rings. The Morgan fingerprint density at radius 1 is 1.13 bits per heavy atom. The van der Waals surface area contributed by atoms with Crippen LogP contribution in [-0.4, -0.2) is 29.6 Å². The van der Waals surface area contributed by atoms with Gasteiger partial charge in [0.15, 0.2) is 5.13 Å². The van der Waals surface area contributed by atoms with Gasteiger partial charge >= 0.3 is 6.61 Å². The maximum atomic E-state index is 12.8. The zero-order chi connectivity index (χ0) is 22.0. The molecule has 0 fully saturated rings. The molecule has 0 aliphatic heterocycles. The van der Waals surface area contributed by atoms with Gasteiger partial charge in [0.05, 0.1) is 29.6 Å². The molecule has 0 saturated carbocycles. The highest BCUT2D eigenvalue weighted by Crippen LogP contribution is 2.33. The molecular weight excluding hydrogens is 424 g/mol. The van der Waals surface area contributed by atoms with E-state index in [1.807, 2.05) is 6.07 Å². The number of rotatable bonds is 6. The van der Waals surface area contributed by atoms with Gasteiger partial charge in [-0.15, -0.1) is 11.3 Å². The molecule has 0 spiro atoms. The van der Waals surface area contributed by atoms with Crippen LogP contribution in [0.3, 0.4) is 0 Å². The Morgan fingerprint density at radius 2 is 1.94 bits per heavy atom. The summed E-state index contributed by atoms with van der Waals surface area (Å²) >= 11 is 1.19. The van der Waals surface area contributed by atoms with Gasteiger partial charge in [0.25, 0.3) is 5.91 Å². The summed E-state index contributed by atoms with van der Waals surface area (Å²) in [6, 6.07) is 13.6. The summed E-state index contributed by atoms with van der Waals surface area (Å²) in [5, 5.41) is 5.55. The number of carbonyl (C=O) groups is 1. The van der Waals surface area contributed by atoms with E-state index in [0.29, 0.717) is 33.4 Å². The van der Waals surface area contributed by atoms with Crippen LogP contribution in [-0.2, 0) is 0 Å². The minimum Gasteiger partial charge on any atom is -0.497 e. The number of methoxy groups -OCH3 is 1. The van der Waals surface area contributed by atoms with E-state index in [1.54, 1.807) is 55.8 Å². The molecule has 0 radical (unpaired) electrons. The van der Waals surface area contributed by atoms with Crippen LogP contribution in [0.4, 0.5) is 13.9 Å². The van der Waals surface area contributed by atoms with E-state index in [9.17, 15) is 13.6 Å². The molecule has 0 atom stereocenters. The molecule has 158 valence electrons. The number of anilines is 1. The van der Waals surface area contributed by atoms with Crippen molar-refractivity contribution in [2.45, 2.75) is 13.5 Å². The molecule has 2 heterocycles. The number of ether oxygens (including phenoxy) is 2. The number of hydrogen-bond donors (Lipinski definition) is 1. The zero-order valence-corrected chi connectivity index (χ0v) is 17.4. The van der Waals surface area contributed by atoms with Crippen molar-refractivity contribution in [2.75, 3.05) is 12.4 Å². The first kappa shape index (κ1) is 20.7. The summed E-state index contributed by atoms with van der Waals surface area (Å²) in [7, 11) is 1.58. The average Bonchev–Trinajstić information content (AvgIpc) is 3.20. The van der Waals surface area contributed by atoms with Gasteiger partial charge in [-0.1, -0.05) is 12.1 Å². The van der Waals surface area contributed by atoms with E-state index in [4.69, 9.17) is 4.74 Å². The van der Waals surface area contributed by atoms with E-state index in [1.165, 1.54) is 17.4 Å². The van der Waals surface area contributed by atoms with Gasteiger partial charge in [0, 0.05) is 22.4 Å². The SMILES string of the molecule is COc1ccc2cc(C(=O)Nc3nc(-c4ccccc4OC(F)F)cs3)c(C)nc2c1. The maximum Gasteiger partial charge on any atom is 0.387 e. The van der Waals surface area contributed by atoms with Crippen molar-refractivity contribution in [3.63, 3.8) is 0 Å². The standard InChI is InChI=1S/C22H17F2N3O3S/c1-12-16(9-13-7-8-14(29-2)10-17(13)25-12)20(28)27-22-26-18(11-31-22)15-5-3-4-6-19(15)30-21(23)24/h3-11,21H,1-2H3,(H,26,27,28). The van der Waals surface area contributed by atoms with Gasteiger partial charge in [0.2, 0.25) is 0 Å². The molecule has 2 aromatic carbocycles. The fourth-order valence-corrected chi connectivity index (χ4v) is 3.80. The molecular formula is C22H17F2N3O3S. The van der Waals surface area contributed by atoms with Crippen LogP contribution >= 0.6 is 11.3 Å². The number of halogens is 2. The molecule has 0 aliphatic carbocycles. The Bertz CT molecular complexity index is 1260. The molecule has 4 aromatic rings. The maximum absolute atomic E-state index is 12.8. The fourth-order valence-electron chi connectivity index (χ4n) is 3.10. The highest BCUT2D eigenvalue weighted by molar-refractivity contribution is 7.14. The van der Waals surface area contributed by atoms with Crippen LogP contribution in [0.5, 0.6) is 11.5 Å². The molecule has 0 unspecified atom stereocenters. The van der Waals surface area contributed by atoms with Gasteiger partial charge in [-0.25, -0.2) is 4.98 Å². The third-order valence-electron chi connectivity index (χ3n) is 4.56. The summed E-state index contributed by atoms with van der Waals surface area (Å²) in [4.78, 5) is 21.7. The Morgan fingerprint density at radius 3 is 2.71 bits per heavy atom. The summed E-state index contributed by atoms with van der Waals surface area (Å²) in [5.74, 6) is 0.342. The largest absolute Gasteiger partial charge is 0.497 e. The van der Waals surface area contributed by atoms with Crippen molar-refractivity contribution in [1.29, 1.82) is 0 Å². The minimum atomic E-state index is -2.94. The molecule has 0 bridgehead atoms. The first-order chi connectivity index (χ1) is 14.9. The predicted molar refractivity (Wildman–Crippen MR) is 115 cm³/mol. The number of hydrogen-bond acceptors (Lipinski definition) is 6. The van der Waals surface area contributed by atoms with Crippen molar-refractivity contribution in [3.05, 3.63) is 65.2 Å². The Hall–Kier alpha value is -3.59. The minimum absolute atomic E-state index is 0.0191. The lowest BCUT2D eigenvalue weighted by molar-refractivity contribution is -0.0494.